The maximum Gasteiger partial charge on any atom is 0.438 e. The standard InChI is InChI=1S/C18H11F4N5O2S2.ClH/c19-14-15(11-5-3-10(4-6-11)12-8-30-9-25-12)27(26-16(14)18(20,21)22)13-2-1-7-24-17(13)31(23,28)29;/h1-9H,(H2,23,28,29);1H. The monoisotopic (exact) mass is 505 g/mol. The Morgan fingerprint density at radius 3 is 2.25 bits per heavy atom. The van der Waals surface area contributed by atoms with Gasteiger partial charge in [0, 0.05) is 22.7 Å². The van der Waals surface area contributed by atoms with Gasteiger partial charge in [0.05, 0.1) is 11.2 Å². The van der Waals surface area contributed by atoms with Crippen molar-refractivity contribution in [1.82, 2.24) is 19.7 Å². The number of aromatic nitrogens is 4. The second-order valence-electron chi connectivity index (χ2n) is 6.24. The van der Waals surface area contributed by atoms with Crippen LogP contribution in [0.4, 0.5) is 17.6 Å². The second kappa shape index (κ2) is 8.58. The van der Waals surface area contributed by atoms with Gasteiger partial charge in [0.2, 0.25) is 5.69 Å². The lowest BCUT2D eigenvalue weighted by Gasteiger charge is -2.11. The lowest BCUT2D eigenvalue weighted by Crippen LogP contribution is -2.18. The number of halogens is 5. The molecule has 3 heterocycles. The van der Waals surface area contributed by atoms with Gasteiger partial charge in [0.1, 0.15) is 11.4 Å². The van der Waals surface area contributed by atoms with Crippen molar-refractivity contribution in [3.05, 3.63) is 65.0 Å². The van der Waals surface area contributed by atoms with Crippen LogP contribution in [-0.4, -0.2) is 28.2 Å². The van der Waals surface area contributed by atoms with Crippen LogP contribution in [0.15, 0.2) is 58.5 Å². The van der Waals surface area contributed by atoms with E-state index in [9.17, 15) is 26.0 Å². The number of alkyl halides is 3. The van der Waals surface area contributed by atoms with Crippen molar-refractivity contribution in [2.24, 2.45) is 5.14 Å². The molecule has 0 fully saturated rings. The van der Waals surface area contributed by atoms with Gasteiger partial charge in [0.25, 0.3) is 10.0 Å². The molecule has 0 aliphatic heterocycles. The first kappa shape index (κ1) is 23.8. The predicted octanol–water partition coefficient (Wildman–Crippen LogP) is 4.28. The van der Waals surface area contributed by atoms with Crippen molar-refractivity contribution < 1.29 is 26.0 Å². The van der Waals surface area contributed by atoms with E-state index in [1.165, 1.54) is 29.5 Å². The third-order valence-electron chi connectivity index (χ3n) is 4.23. The van der Waals surface area contributed by atoms with Crippen LogP contribution in [0.3, 0.4) is 0 Å². The fourth-order valence-electron chi connectivity index (χ4n) is 2.92. The SMILES string of the molecule is Cl.NS(=O)(=O)c1ncccc1-n1nc(C(F)(F)F)c(F)c1-c1ccc(-c2cscn2)cc1. The Morgan fingerprint density at radius 2 is 1.69 bits per heavy atom. The van der Waals surface area contributed by atoms with Gasteiger partial charge in [0.15, 0.2) is 10.8 Å². The summed E-state index contributed by atoms with van der Waals surface area (Å²) < 4.78 is 79.4. The molecule has 0 atom stereocenters. The summed E-state index contributed by atoms with van der Waals surface area (Å²) in [7, 11) is -4.44. The van der Waals surface area contributed by atoms with Crippen molar-refractivity contribution in [1.29, 1.82) is 0 Å². The molecule has 0 spiro atoms. The van der Waals surface area contributed by atoms with E-state index in [1.54, 1.807) is 23.0 Å². The molecule has 0 saturated heterocycles. The minimum Gasteiger partial charge on any atom is -0.245 e. The molecule has 4 aromatic rings. The number of thiazole rings is 1. The summed E-state index contributed by atoms with van der Waals surface area (Å²) in [5.74, 6) is -1.65. The van der Waals surface area contributed by atoms with Crippen molar-refractivity contribution in [2.75, 3.05) is 0 Å². The van der Waals surface area contributed by atoms with E-state index in [-0.39, 0.29) is 18.0 Å². The number of primary sulfonamides is 1. The second-order valence-corrected chi connectivity index (χ2v) is 8.44. The summed E-state index contributed by atoms with van der Waals surface area (Å²) >= 11 is 1.36. The van der Waals surface area contributed by atoms with Crippen LogP contribution in [0.1, 0.15) is 5.69 Å². The lowest BCUT2D eigenvalue weighted by atomic mass is 10.1. The first-order valence-electron chi connectivity index (χ1n) is 8.40. The zero-order valence-corrected chi connectivity index (χ0v) is 18.1. The molecule has 0 saturated carbocycles. The summed E-state index contributed by atoms with van der Waals surface area (Å²) in [4.78, 5) is 7.76. The molecule has 3 aromatic heterocycles. The van der Waals surface area contributed by atoms with E-state index >= 15 is 0 Å². The summed E-state index contributed by atoms with van der Waals surface area (Å²) in [6.07, 6.45) is -4.02. The minimum atomic E-state index is -5.12. The molecule has 1 aromatic carbocycles. The van der Waals surface area contributed by atoms with Gasteiger partial charge in [-0.05, 0) is 12.1 Å². The highest BCUT2D eigenvalue weighted by Gasteiger charge is 2.41. The third-order valence-corrected chi connectivity index (χ3v) is 5.67. The minimum absolute atomic E-state index is 0. The number of hydrogen-bond donors (Lipinski definition) is 1. The zero-order chi connectivity index (χ0) is 22.4. The molecule has 32 heavy (non-hydrogen) atoms. The van der Waals surface area contributed by atoms with Crippen LogP contribution in [0.2, 0.25) is 0 Å². The Kier molecular flexibility index (Phi) is 6.38. The fourth-order valence-corrected chi connectivity index (χ4v) is 4.14. The van der Waals surface area contributed by atoms with E-state index in [0.717, 1.165) is 12.3 Å². The maximum atomic E-state index is 14.9. The average Bonchev–Trinajstić information content (AvgIpc) is 3.35. The molecular weight excluding hydrogens is 494 g/mol. The highest BCUT2D eigenvalue weighted by molar-refractivity contribution is 7.89. The van der Waals surface area contributed by atoms with Crippen LogP contribution in [0.25, 0.3) is 28.2 Å². The Hall–Kier alpha value is -2.87. The van der Waals surface area contributed by atoms with Crippen LogP contribution in [0.5, 0.6) is 0 Å². The summed E-state index contributed by atoms with van der Waals surface area (Å²) in [6, 6.07) is 8.28. The molecule has 14 heteroatoms. The molecule has 0 amide bonds. The molecule has 0 aliphatic carbocycles. The van der Waals surface area contributed by atoms with Crippen molar-refractivity contribution in [2.45, 2.75) is 11.2 Å². The van der Waals surface area contributed by atoms with Crippen LogP contribution < -0.4 is 5.14 Å². The number of pyridine rings is 1. The van der Waals surface area contributed by atoms with Gasteiger partial charge in [-0.3, -0.25) is 0 Å². The number of rotatable bonds is 4. The first-order chi connectivity index (χ1) is 14.6. The van der Waals surface area contributed by atoms with Gasteiger partial charge >= 0.3 is 6.18 Å². The van der Waals surface area contributed by atoms with Crippen molar-refractivity contribution >= 4 is 33.8 Å². The van der Waals surface area contributed by atoms with Gasteiger partial charge in [-0.25, -0.2) is 32.6 Å². The van der Waals surface area contributed by atoms with E-state index < -0.39 is 44.1 Å². The molecule has 0 bridgehead atoms. The summed E-state index contributed by atoms with van der Waals surface area (Å²) in [5.41, 5.74) is 0.154. The zero-order valence-electron chi connectivity index (χ0n) is 15.6. The Bertz CT molecular complexity index is 1360. The van der Waals surface area contributed by atoms with E-state index in [2.05, 4.69) is 15.1 Å². The highest BCUT2D eigenvalue weighted by atomic mass is 35.5. The summed E-state index contributed by atoms with van der Waals surface area (Å²) in [5, 5.41) is 9.48. The maximum absolute atomic E-state index is 14.9. The molecular formula is C18H12ClF4N5O2S2. The van der Waals surface area contributed by atoms with Crippen LogP contribution >= 0.6 is 23.7 Å². The Balaban J connectivity index is 0.00000289. The van der Waals surface area contributed by atoms with Crippen LogP contribution in [0, 0.1) is 5.82 Å². The first-order valence-corrected chi connectivity index (χ1v) is 10.9. The number of benzene rings is 1. The van der Waals surface area contributed by atoms with Crippen LogP contribution in [-0.2, 0) is 16.2 Å². The Labute approximate surface area is 189 Å². The third kappa shape index (κ3) is 4.37. The van der Waals surface area contributed by atoms with E-state index in [1.807, 2.05) is 0 Å². The highest BCUT2D eigenvalue weighted by Crippen LogP contribution is 2.37. The number of nitrogens with two attached hydrogens (primary N) is 1. The largest absolute Gasteiger partial charge is 0.438 e. The van der Waals surface area contributed by atoms with Crippen molar-refractivity contribution in [3.8, 4) is 28.2 Å². The van der Waals surface area contributed by atoms with Gasteiger partial charge in [-0.15, -0.1) is 23.7 Å². The molecule has 0 radical (unpaired) electrons. The quantitative estimate of drug-likeness (QED) is 0.417. The lowest BCUT2D eigenvalue weighted by molar-refractivity contribution is -0.143. The molecule has 0 aliphatic rings. The molecule has 7 nitrogen and oxygen atoms in total. The van der Waals surface area contributed by atoms with Gasteiger partial charge in [-0.2, -0.15) is 18.3 Å². The van der Waals surface area contributed by atoms with Crippen molar-refractivity contribution in [3.63, 3.8) is 0 Å². The topological polar surface area (TPSA) is 104 Å². The fraction of sp³-hybridized carbons (Fsp3) is 0.0556. The molecule has 0 unspecified atom stereocenters. The predicted molar refractivity (Wildman–Crippen MR) is 111 cm³/mol. The number of sulfonamides is 1. The van der Waals surface area contributed by atoms with Gasteiger partial charge < -0.3 is 0 Å². The number of hydrogen-bond acceptors (Lipinski definition) is 6. The molecule has 4 rings (SSSR count). The summed E-state index contributed by atoms with van der Waals surface area (Å²) in [6.45, 7) is 0. The molecule has 168 valence electrons. The van der Waals surface area contributed by atoms with E-state index in [4.69, 9.17) is 5.14 Å². The van der Waals surface area contributed by atoms with E-state index in [0.29, 0.717) is 15.9 Å². The normalized spacial score (nSPS) is 11.9. The Morgan fingerprint density at radius 1 is 1.03 bits per heavy atom. The van der Waals surface area contributed by atoms with Gasteiger partial charge in [-0.1, -0.05) is 24.3 Å². The average molecular weight is 506 g/mol. The smallest absolute Gasteiger partial charge is 0.245 e. The molecule has 2 N–H and O–H groups in total. The number of nitrogens with zero attached hydrogens (tertiary/aromatic N) is 4.